The summed E-state index contributed by atoms with van der Waals surface area (Å²) in [6, 6.07) is 13.3. The van der Waals surface area contributed by atoms with Crippen LogP contribution in [-0.2, 0) is 6.61 Å². The van der Waals surface area contributed by atoms with Crippen molar-refractivity contribution < 1.29 is 4.74 Å². The minimum absolute atomic E-state index is 0.0785. The number of hydrogen-bond acceptors (Lipinski definition) is 2. The van der Waals surface area contributed by atoms with Gasteiger partial charge in [0.15, 0.2) is 0 Å². The van der Waals surface area contributed by atoms with Gasteiger partial charge in [0.1, 0.15) is 12.4 Å². The van der Waals surface area contributed by atoms with E-state index >= 15 is 0 Å². The third-order valence-electron chi connectivity index (χ3n) is 3.16. The Kier molecular flexibility index (Phi) is 5.30. The molecule has 0 saturated carbocycles. The van der Waals surface area contributed by atoms with Crippen LogP contribution < -0.4 is 10.5 Å². The second-order valence-electron chi connectivity index (χ2n) is 4.61. The first-order valence-electron chi connectivity index (χ1n) is 6.52. The first-order chi connectivity index (χ1) is 9.60. The van der Waals surface area contributed by atoms with E-state index in [2.05, 4.69) is 6.92 Å². The van der Waals surface area contributed by atoms with Crippen molar-refractivity contribution in [1.82, 2.24) is 0 Å². The number of hydrogen-bond donors (Lipinski definition) is 1. The summed E-state index contributed by atoms with van der Waals surface area (Å²) in [5.41, 5.74) is 8.00. The lowest BCUT2D eigenvalue weighted by molar-refractivity contribution is 0.306. The van der Waals surface area contributed by atoms with Gasteiger partial charge >= 0.3 is 0 Å². The number of benzene rings is 2. The Labute approximate surface area is 129 Å². The summed E-state index contributed by atoms with van der Waals surface area (Å²) in [4.78, 5) is 0. The fourth-order valence-electron chi connectivity index (χ4n) is 1.85. The Morgan fingerprint density at radius 3 is 2.40 bits per heavy atom. The van der Waals surface area contributed by atoms with E-state index in [-0.39, 0.29) is 6.04 Å². The van der Waals surface area contributed by atoms with Crippen molar-refractivity contribution in [3.63, 3.8) is 0 Å². The van der Waals surface area contributed by atoms with Gasteiger partial charge < -0.3 is 10.5 Å². The van der Waals surface area contributed by atoms with Crippen LogP contribution in [0, 0.1) is 0 Å². The van der Waals surface area contributed by atoms with Crippen LogP contribution in [0.5, 0.6) is 5.75 Å². The third-order valence-corrected chi connectivity index (χ3v) is 3.74. The molecule has 2 aromatic rings. The van der Waals surface area contributed by atoms with Crippen LogP contribution in [-0.4, -0.2) is 0 Å². The molecule has 0 spiro atoms. The highest BCUT2D eigenvalue weighted by Crippen LogP contribution is 2.23. The van der Waals surface area contributed by atoms with Gasteiger partial charge in [-0.05, 0) is 36.2 Å². The van der Waals surface area contributed by atoms with E-state index in [4.69, 9.17) is 33.7 Å². The summed E-state index contributed by atoms with van der Waals surface area (Å²) in [5, 5.41) is 1.23. The van der Waals surface area contributed by atoms with Gasteiger partial charge in [-0.2, -0.15) is 0 Å². The van der Waals surface area contributed by atoms with Crippen LogP contribution >= 0.6 is 23.2 Å². The van der Waals surface area contributed by atoms with Crippen LogP contribution in [0.2, 0.25) is 10.0 Å². The molecule has 2 N–H and O–H groups in total. The van der Waals surface area contributed by atoms with Crippen molar-refractivity contribution in [2.75, 3.05) is 0 Å². The van der Waals surface area contributed by atoms with Gasteiger partial charge in [-0.3, -0.25) is 0 Å². The summed E-state index contributed by atoms with van der Waals surface area (Å²) in [6.07, 6.45) is 0.917. The highest BCUT2D eigenvalue weighted by molar-refractivity contribution is 6.35. The van der Waals surface area contributed by atoms with Crippen LogP contribution in [0.3, 0.4) is 0 Å². The highest BCUT2D eigenvalue weighted by Gasteiger charge is 2.05. The maximum Gasteiger partial charge on any atom is 0.119 e. The fraction of sp³-hybridized carbons (Fsp3) is 0.250. The molecule has 0 amide bonds. The van der Waals surface area contributed by atoms with E-state index in [1.807, 2.05) is 30.3 Å². The molecule has 2 nitrogen and oxygen atoms in total. The van der Waals surface area contributed by atoms with Crippen LogP contribution in [0.1, 0.15) is 30.5 Å². The Hall–Kier alpha value is -1.22. The molecule has 0 aromatic heterocycles. The summed E-state index contributed by atoms with van der Waals surface area (Å²) >= 11 is 12.0. The van der Waals surface area contributed by atoms with Crippen molar-refractivity contribution in [3.05, 3.63) is 63.6 Å². The Morgan fingerprint density at radius 2 is 1.80 bits per heavy atom. The molecule has 20 heavy (non-hydrogen) atoms. The molecular weight excluding hydrogens is 293 g/mol. The maximum absolute atomic E-state index is 6.10. The monoisotopic (exact) mass is 309 g/mol. The molecule has 2 rings (SSSR count). The van der Waals surface area contributed by atoms with E-state index in [9.17, 15) is 0 Å². The number of rotatable bonds is 5. The lowest BCUT2D eigenvalue weighted by Gasteiger charge is -2.11. The third kappa shape index (κ3) is 3.89. The molecule has 0 fully saturated rings. The Balaban J connectivity index is 2.00. The van der Waals surface area contributed by atoms with E-state index in [1.165, 1.54) is 0 Å². The van der Waals surface area contributed by atoms with Gasteiger partial charge in [0.05, 0.1) is 0 Å². The zero-order chi connectivity index (χ0) is 14.5. The molecule has 1 unspecified atom stereocenters. The summed E-state index contributed by atoms with van der Waals surface area (Å²) in [7, 11) is 0. The van der Waals surface area contributed by atoms with Crippen molar-refractivity contribution in [1.29, 1.82) is 0 Å². The summed E-state index contributed by atoms with van der Waals surface area (Å²) < 4.78 is 5.71. The van der Waals surface area contributed by atoms with Crippen molar-refractivity contribution >= 4 is 23.2 Å². The lowest BCUT2D eigenvalue weighted by atomic mass is 10.1. The Bertz CT molecular complexity index is 569. The molecular formula is C16H17Cl2NO. The quantitative estimate of drug-likeness (QED) is 0.845. The van der Waals surface area contributed by atoms with Gasteiger partial charge in [0, 0.05) is 21.7 Å². The van der Waals surface area contributed by atoms with E-state index < -0.39 is 0 Å². The molecule has 0 aliphatic rings. The minimum Gasteiger partial charge on any atom is -0.489 e. The average molecular weight is 310 g/mol. The lowest BCUT2D eigenvalue weighted by Crippen LogP contribution is -2.08. The smallest absolute Gasteiger partial charge is 0.119 e. The number of nitrogens with two attached hydrogens (primary N) is 1. The summed E-state index contributed by atoms with van der Waals surface area (Å²) in [6.45, 7) is 2.48. The van der Waals surface area contributed by atoms with E-state index in [0.29, 0.717) is 16.7 Å². The van der Waals surface area contributed by atoms with Gasteiger partial charge in [-0.15, -0.1) is 0 Å². The molecule has 0 aliphatic carbocycles. The van der Waals surface area contributed by atoms with E-state index in [1.54, 1.807) is 12.1 Å². The second-order valence-corrected chi connectivity index (χ2v) is 5.45. The van der Waals surface area contributed by atoms with Crippen LogP contribution in [0.4, 0.5) is 0 Å². The molecule has 0 saturated heterocycles. The Morgan fingerprint density at radius 1 is 1.10 bits per heavy atom. The van der Waals surface area contributed by atoms with Gasteiger partial charge in [-0.25, -0.2) is 0 Å². The average Bonchev–Trinajstić information content (AvgIpc) is 2.46. The minimum atomic E-state index is 0.0785. The molecule has 0 radical (unpaired) electrons. The molecule has 1 atom stereocenters. The number of halogens is 2. The molecule has 0 heterocycles. The first kappa shape index (κ1) is 15.2. The van der Waals surface area contributed by atoms with Crippen LogP contribution in [0.25, 0.3) is 0 Å². The molecule has 106 valence electrons. The second kappa shape index (κ2) is 6.98. The predicted molar refractivity (Wildman–Crippen MR) is 84.5 cm³/mol. The standard InChI is InChI=1S/C16H17Cl2NO/c1-2-16(19)11-4-7-14(8-5-11)20-10-12-3-6-13(17)9-15(12)18/h3-9,16H,2,10,19H2,1H3. The molecule has 2 aromatic carbocycles. The fourth-order valence-corrected chi connectivity index (χ4v) is 2.31. The highest BCUT2D eigenvalue weighted by atomic mass is 35.5. The van der Waals surface area contributed by atoms with Crippen molar-refractivity contribution in [2.45, 2.75) is 26.0 Å². The summed E-state index contributed by atoms with van der Waals surface area (Å²) in [5.74, 6) is 0.795. The predicted octanol–water partition coefficient (Wildman–Crippen LogP) is 4.98. The maximum atomic E-state index is 6.10. The SMILES string of the molecule is CCC(N)c1ccc(OCc2ccc(Cl)cc2Cl)cc1. The zero-order valence-corrected chi connectivity index (χ0v) is 12.8. The largest absolute Gasteiger partial charge is 0.489 e. The first-order valence-corrected chi connectivity index (χ1v) is 7.28. The normalized spacial score (nSPS) is 12.2. The van der Waals surface area contributed by atoms with Gasteiger partial charge in [-0.1, -0.05) is 48.3 Å². The molecule has 0 bridgehead atoms. The van der Waals surface area contributed by atoms with Crippen molar-refractivity contribution in [2.24, 2.45) is 5.73 Å². The topological polar surface area (TPSA) is 35.2 Å². The number of ether oxygens (including phenoxy) is 1. The van der Waals surface area contributed by atoms with Crippen molar-refractivity contribution in [3.8, 4) is 5.75 Å². The molecule has 0 aliphatic heterocycles. The van der Waals surface area contributed by atoms with E-state index in [0.717, 1.165) is 23.3 Å². The zero-order valence-electron chi connectivity index (χ0n) is 11.3. The van der Waals surface area contributed by atoms with Crippen LogP contribution in [0.15, 0.2) is 42.5 Å². The molecule has 4 heteroatoms. The van der Waals surface area contributed by atoms with Gasteiger partial charge in [0.25, 0.3) is 0 Å². The van der Waals surface area contributed by atoms with Gasteiger partial charge in [0.2, 0.25) is 0 Å².